The molecule has 1 aromatic carbocycles. The molecule has 3 nitrogen and oxygen atoms in total. The summed E-state index contributed by atoms with van der Waals surface area (Å²) in [6, 6.07) is 7.63. The van der Waals surface area contributed by atoms with Crippen molar-refractivity contribution in [2.75, 3.05) is 13.1 Å². The molecule has 0 aliphatic rings. The number of benzene rings is 1. The molecule has 1 aromatic rings. The predicted octanol–water partition coefficient (Wildman–Crippen LogP) is 1.90. The topological polar surface area (TPSA) is 43.7 Å². The molecule has 0 radical (unpaired) electrons. The van der Waals surface area contributed by atoms with Crippen molar-refractivity contribution < 1.29 is 10.2 Å². The Morgan fingerprint density at radius 1 is 1.12 bits per heavy atom. The molecule has 0 aliphatic heterocycles. The van der Waals surface area contributed by atoms with E-state index >= 15 is 0 Å². The van der Waals surface area contributed by atoms with Crippen molar-refractivity contribution in [1.82, 2.24) is 4.90 Å². The first-order valence-electron chi connectivity index (χ1n) is 5.81. The highest BCUT2D eigenvalue weighted by Crippen LogP contribution is 2.17. The highest BCUT2D eigenvalue weighted by atomic mass is 35.5. The average molecular weight is 258 g/mol. The van der Waals surface area contributed by atoms with E-state index in [0.717, 1.165) is 5.56 Å². The van der Waals surface area contributed by atoms with Gasteiger partial charge < -0.3 is 10.2 Å². The lowest BCUT2D eigenvalue weighted by atomic mass is 10.2. The fraction of sp³-hybridized carbons (Fsp3) is 0.538. The lowest BCUT2D eigenvalue weighted by Gasteiger charge is -2.25. The molecule has 2 atom stereocenters. The van der Waals surface area contributed by atoms with Gasteiger partial charge in [0.2, 0.25) is 0 Å². The van der Waals surface area contributed by atoms with Crippen LogP contribution >= 0.6 is 11.6 Å². The van der Waals surface area contributed by atoms with E-state index < -0.39 is 12.2 Å². The van der Waals surface area contributed by atoms with Crippen LogP contribution in [0.5, 0.6) is 0 Å². The van der Waals surface area contributed by atoms with Gasteiger partial charge in [0.25, 0.3) is 0 Å². The van der Waals surface area contributed by atoms with Crippen molar-refractivity contribution in [2.24, 2.45) is 0 Å². The fourth-order valence-corrected chi connectivity index (χ4v) is 2.01. The first-order valence-corrected chi connectivity index (χ1v) is 6.18. The molecular weight excluding hydrogens is 238 g/mol. The maximum Gasteiger partial charge on any atom is 0.0639 e. The zero-order valence-corrected chi connectivity index (χ0v) is 11.1. The Labute approximate surface area is 108 Å². The van der Waals surface area contributed by atoms with Crippen LogP contribution in [0.25, 0.3) is 0 Å². The summed E-state index contributed by atoms with van der Waals surface area (Å²) in [5.74, 6) is 0. The van der Waals surface area contributed by atoms with Gasteiger partial charge >= 0.3 is 0 Å². The van der Waals surface area contributed by atoms with Crippen molar-refractivity contribution in [3.8, 4) is 0 Å². The largest absolute Gasteiger partial charge is 0.392 e. The van der Waals surface area contributed by atoms with E-state index in [1.165, 1.54) is 0 Å². The summed E-state index contributed by atoms with van der Waals surface area (Å²) in [6.45, 7) is 5.16. The quantitative estimate of drug-likeness (QED) is 0.818. The van der Waals surface area contributed by atoms with Crippen molar-refractivity contribution in [2.45, 2.75) is 32.6 Å². The van der Waals surface area contributed by atoms with Gasteiger partial charge in [-0.2, -0.15) is 0 Å². The Hall–Kier alpha value is -0.610. The Balaban J connectivity index is 2.68. The van der Waals surface area contributed by atoms with Crippen molar-refractivity contribution in [3.05, 3.63) is 34.9 Å². The lowest BCUT2D eigenvalue weighted by Crippen LogP contribution is -2.35. The minimum absolute atomic E-state index is 0.420. The van der Waals surface area contributed by atoms with Crippen LogP contribution in [0.15, 0.2) is 24.3 Å². The molecule has 0 spiro atoms. The molecular formula is C13H20ClNO2. The van der Waals surface area contributed by atoms with Crippen LogP contribution in [0, 0.1) is 0 Å². The summed E-state index contributed by atoms with van der Waals surface area (Å²) in [5.41, 5.74) is 1.01. The van der Waals surface area contributed by atoms with Gasteiger partial charge in [-0.3, -0.25) is 4.90 Å². The van der Waals surface area contributed by atoms with Gasteiger partial charge in [0.05, 0.1) is 12.2 Å². The van der Waals surface area contributed by atoms with E-state index in [0.29, 0.717) is 24.7 Å². The predicted molar refractivity (Wildman–Crippen MR) is 70.1 cm³/mol. The second-order valence-electron chi connectivity index (χ2n) is 4.48. The standard InChI is InChI=1S/C13H20ClNO2/c1-10(16)7-15(8-11(2)17)9-12-5-3-4-6-13(12)14/h3-6,10-11,16-17H,7-9H2,1-2H3/t10-,11-/m0/s1. The summed E-state index contributed by atoms with van der Waals surface area (Å²) in [7, 11) is 0. The molecule has 0 fully saturated rings. The van der Waals surface area contributed by atoms with Crippen LogP contribution in [-0.2, 0) is 6.54 Å². The van der Waals surface area contributed by atoms with Crippen molar-refractivity contribution in [3.63, 3.8) is 0 Å². The Morgan fingerprint density at radius 2 is 1.65 bits per heavy atom. The lowest BCUT2D eigenvalue weighted by molar-refractivity contribution is 0.0794. The third-order valence-corrected chi connectivity index (χ3v) is 2.77. The average Bonchev–Trinajstić information content (AvgIpc) is 2.19. The maximum absolute atomic E-state index is 9.43. The SMILES string of the molecule is C[C@H](O)CN(Cc1ccccc1Cl)C[C@H](C)O. The molecule has 4 heteroatoms. The zero-order valence-electron chi connectivity index (χ0n) is 10.3. The molecule has 1 rings (SSSR count). The molecule has 0 saturated carbocycles. The summed E-state index contributed by atoms with van der Waals surface area (Å²) in [6.07, 6.45) is -0.840. The summed E-state index contributed by atoms with van der Waals surface area (Å²) >= 11 is 6.09. The van der Waals surface area contributed by atoms with Gasteiger partial charge in [0.1, 0.15) is 0 Å². The van der Waals surface area contributed by atoms with Crippen LogP contribution < -0.4 is 0 Å². The number of aliphatic hydroxyl groups is 2. The third-order valence-electron chi connectivity index (χ3n) is 2.40. The van der Waals surface area contributed by atoms with E-state index in [2.05, 4.69) is 0 Å². The molecule has 0 unspecified atom stereocenters. The van der Waals surface area contributed by atoms with Gasteiger partial charge in [0, 0.05) is 24.7 Å². The van der Waals surface area contributed by atoms with E-state index in [4.69, 9.17) is 11.6 Å². The van der Waals surface area contributed by atoms with Crippen LogP contribution in [0.1, 0.15) is 19.4 Å². The van der Waals surface area contributed by atoms with E-state index in [1.54, 1.807) is 13.8 Å². The number of nitrogens with zero attached hydrogens (tertiary/aromatic N) is 1. The normalized spacial score (nSPS) is 14.9. The second kappa shape index (κ2) is 6.97. The summed E-state index contributed by atoms with van der Waals surface area (Å²) in [4.78, 5) is 2.00. The van der Waals surface area contributed by atoms with Crippen LogP contribution in [0.4, 0.5) is 0 Å². The molecule has 96 valence electrons. The maximum atomic E-state index is 9.43. The zero-order chi connectivity index (χ0) is 12.8. The number of hydrogen-bond donors (Lipinski definition) is 2. The van der Waals surface area contributed by atoms with Gasteiger partial charge in [-0.25, -0.2) is 0 Å². The summed E-state index contributed by atoms with van der Waals surface area (Å²) in [5, 5.41) is 19.6. The molecule has 0 aliphatic carbocycles. The number of halogens is 1. The second-order valence-corrected chi connectivity index (χ2v) is 4.89. The monoisotopic (exact) mass is 257 g/mol. The van der Waals surface area contributed by atoms with E-state index in [1.807, 2.05) is 29.2 Å². The first kappa shape index (κ1) is 14.5. The Bertz CT molecular complexity index is 332. The van der Waals surface area contributed by atoms with Gasteiger partial charge in [0.15, 0.2) is 0 Å². The first-order chi connectivity index (χ1) is 7.99. The third kappa shape index (κ3) is 5.50. The van der Waals surface area contributed by atoms with E-state index in [9.17, 15) is 10.2 Å². The van der Waals surface area contributed by atoms with Gasteiger partial charge in [-0.1, -0.05) is 29.8 Å². The highest BCUT2D eigenvalue weighted by molar-refractivity contribution is 6.31. The van der Waals surface area contributed by atoms with E-state index in [-0.39, 0.29) is 0 Å². The molecule has 17 heavy (non-hydrogen) atoms. The molecule has 0 heterocycles. The van der Waals surface area contributed by atoms with Gasteiger partial charge in [-0.05, 0) is 25.5 Å². The molecule has 2 N–H and O–H groups in total. The molecule has 0 amide bonds. The minimum atomic E-state index is -0.420. The minimum Gasteiger partial charge on any atom is -0.392 e. The smallest absolute Gasteiger partial charge is 0.0639 e. The molecule has 0 aromatic heterocycles. The van der Waals surface area contributed by atoms with Crippen LogP contribution in [-0.4, -0.2) is 40.4 Å². The van der Waals surface area contributed by atoms with Crippen molar-refractivity contribution >= 4 is 11.6 Å². The van der Waals surface area contributed by atoms with Gasteiger partial charge in [-0.15, -0.1) is 0 Å². The Morgan fingerprint density at radius 3 is 2.12 bits per heavy atom. The molecule has 0 bridgehead atoms. The van der Waals surface area contributed by atoms with Crippen LogP contribution in [0.2, 0.25) is 5.02 Å². The highest BCUT2D eigenvalue weighted by Gasteiger charge is 2.12. The van der Waals surface area contributed by atoms with Crippen LogP contribution in [0.3, 0.4) is 0 Å². The number of rotatable bonds is 6. The fourth-order valence-electron chi connectivity index (χ4n) is 1.82. The summed E-state index contributed by atoms with van der Waals surface area (Å²) < 4.78 is 0. The number of aliphatic hydroxyl groups excluding tert-OH is 2. The Kier molecular flexibility index (Phi) is 5.92. The number of hydrogen-bond acceptors (Lipinski definition) is 3. The van der Waals surface area contributed by atoms with Crippen molar-refractivity contribution in [1.29, 1.82) is 0 Å². The molecule has 0 saturated heterocycles.